The van der Waals surface area contributed by atoms with Gasteiger partial charge in [0.2, 0.25) is 0 Å². The molecule has 0 aliphatic rings. The molecule has 0 saturated heterocycles. The fourth-order valence-electron chi connectivity index (χ4n) is 2.14. The number of hydrogen-bond acceptors (Lipinski definition) is 1. The molecule has 0 heterocycles. The van der Waals surface area contributed by atoms with Crippen LogP contribution >= 0.6 is 11.6 Å². The van der Waals surface area contributed by atoms with Crippen molar-refractivity contribution < 1.29 is 9.13 Å². The van der Waals surface area contributed by atoms with E-state index < -0.39 is 0 Å². The Bertz CT molecular complexity index is 650. The molecule has 3 heteroatoms. The van der Waals surface area contributed by atoms with Gasteiger partial charge >= 0.3 is 0 Å². The third kappa shape index (κ3) is 3.80. The number of halogens is 2. The van der Waals surface area contributed by atoms with Crippen molar-refractivity contribution in [2.45, 2.75) is 39.7 Å². The summed E-state index contributed by atoms with van der Waals surface area (Å²) in [6.07, 6.45) is 0. The summed E-state index contributed by atoms with van der Waals surface area (Å²) in [6.45, 7) is 9.10. The van der Waals surface area contributed by atoms with Crippen LogP contribution in [0, 0.1) is 11.7 Å². The lowest BCUT2D eigenvalue weighted by Gasteiger charge is -2.30. The van der Waals surface area contributed by atoms with Crippen molar-refractivity contribution in [2.24, 2.45) is 5.92 Å². The SMILES string of the molecule is CC(C)C(C)(C)c1ccc(OCc2cccc(F)c2)c(Cl)c1. The first-order chi connectivity index (χ1) is 10.3. The van der Waals surface area contributed by atoms with E-state index in [1.165, 1.54) is 17.7 Å². The van der Waals surface area contributed by atoms with Gasteiger partial charge in [0.1, 0.15) is 18.2 Å². The zero-order valence-electron chi connectivity index (χ0n) is 13.5. The Morgan fingerprint density at radius 3 is 2.45 bits per heavy atom. The molecular weight excluding hydrogens is 299 g/mol. The van der Waals surface area contributed by atoms with Gasteiger partial charge in [-0.2, -0.15) is 0 Å². The molecule has 2 aromatic carbocycles. The van der Waals surface area contributed by atoms with Crippen LogP contribution in [0.15, 0.2) is 42.5 Å². The van der Waals surface area contributed by atoms with Gasteiger partial charge in [-0.25, -0.2) is 4.39 Å². The fraction of sp³-hybridized carbons (Fsp3) is 0.368. The molecule has 22 heavy (non-hydrogen) atoms. The molecule has 0 radical (unpaired) electrons. The second-order valence-electron chi connectivity index (χ2n) is 6.44. The third-order valence-corrected chi connectivity index (χ3v) is 4.70. The standard InChI is InChI=1S/C19H22ClFO/c1-13(2)19(3,4)15-8-9-18(17(20)11-15)22-12-14-6-5-7-16(21)10-14/h5-11,13H,12H2,1-4H3. The van der Waals surface area contributed by atoms with Gasteiger partial charge in [0.05, 0.1) is 5.02 Å². The first kappa shape index (κ1) is 16.8. The van der Waals surface area contributed by atoms with Crippen molar-refractivity contribution >= 4 is 11.6 Å². The van der Waals surface area contributed by atoms with E-state index in [9.17, 15) is 4.39 Å². The molecule has 0 aliphatic heterocycles. The Morgan fingerprint density at radius 1 is 1.14 bits per heavy atom. The summed E-state index contributed by atoms with van der Waals surface area (Å²) in [6, 6.07) is 12.3. The Kier molecular flexibility index (Phi) is 5.12. The average molecular weight is 321 g/mol. The molecule has 0 N–H and O–H groups in total. The zero-order valence-corrected chi connectivity index (χ0v) is 14.2. The van der Waals surface area contributed by atoms with Crippen LogP contribution in [-0.2, 0) is 12.0 Å². The number of rotatable bonds is 5. The average Bonchev–Trinajstić information content (AvgIpc) is 2.45. The van der Waals surface area contributed by atoms with Crippen molar-refractivity contribution in [1.82, 2.24) is 0 Å². The highest BCUT2D eigenvalue weighted by Gasteiger charge is 2.25. The zero-order chi connectivity index (χ0) is 16.3. The van der Waals surface area contributed by atoms with Gasteiger partial charge in [0.15, 0.2) is 0 Å². The van der Waals surface area contributed by atoms with Crippen LogP contribution in [0.2, 0.25) is 5.02 Å². The highest BCUT2D eigenvalue weighted by molar-refractivity contribution is 6.32. The minimum Gasteiger partial charge on any atom is -0.487 e. The molecule has 1 nitrogen and oxygen atoms in total. The van der Waals surface area contributed by atoms with E-state index in [4.69, 9.17) is 16.3 Å². The Balaban J connectivity index is 2.13. The summed E-state index contributed by atoms with van der Waals surface area (Å²) in [5.74, 6) is 0.859. The van der Waals surface area contributed by atoms with Gasteiger partial charge in [0, 0.05) is 0 Å². The lowest BCUT2D eigenvalue weighted by molar-refractivity contribution is 0.305. The molecule has 0 amide bonds. The highest BCUT2D eigenvalue weighted by Crippen LogP contribution is 2.36. The van der Waals surface area contributed by atoms with Gasteiger partial charge < -0.3 is 4.74 Å². The highest BCUT2D eigenvalue weighted by atomic mass is 35.5. The molecule has 0 bridgehead atoms. The lowest BCUT2D eigenvalue weighted by Crippen LogP contribution is -2.24. The summed E-state index contributed by atoms with van der Waals surface area (Å²) in [4.78, 5) is 0. The summed E-state index contributed by atoms with van der Waals surface area (Å²) in [5, 5.41) is 0.586. The molecule has 0 spiro atoms. The van der Waals surface area contributed by atoms with Crippen LogP contribution in [0.5, 0.6) is 5.75 Å². The molecule has 0 aromatic heterocycles. The normalized spacial score (nSPS) is 11.8. The Labute approximate surface area is 137 Å². The molecular formula is C19H22ClFO. The van der Waals surface area contributed by atoms with E-state index in [1.807, 2.05) is 24.3 Å². The molecule has 0 fully saturated rings. The number of ether oxygens (including phenoxy) is 1. The first-order valence-corrected chi connectivity index (χ1v) is 7.86. The van der Waals surface area contributed by atoms with Crippen molar-refractivity contribution in [2.75, 3.05) is 0 Å². The van der Waals surface area contributed by atoms with E-state index in [1.54, 1.807) is 6.07 Å². The smallest absolute Gasteiger partial charge is 0.138 e. The fourth-order valence-corrected chi connectivity index (χ4v) is 2.37. The largest absolute Gasteiger partial charge is 0.487 e. The van der Waals surface area contributed by atoms with Crippen molar-refractivity contribution in [3.63, 3.8) is 0 Å². The number of hydrogen-bond donors (Lipinski definition) is 0. The van der Waals surface area contributed by atoms with Gasteiger partial charge in [-0.3, -0.25) is 0 Å². The Hall–Kier alpha value is -1.54. The molecule has 0 aliphatic carbocycles. The monoisotopic (exact) mass is 320 g/mol. The van der Waals surface area contributed by atoms with Gasteiger partial charge in [-0.05, 0) is 46.7 Å². The van der Waals surface area contributed by atoms with Crippen LogP contribution < -0.4 is 4.74 Å². The summed E-state index contributed by atoms with van der Waals surface area (Å²) in [5.41, 5.74) is 2.01. The van der Waals surface area contributed by atoms with E-state index in [0.717, 1.165) is 5.56 Å². The molecule has 2 rings (SSSR count). The van der Waals surface area contributed by atoms with E-state index in [0.29, 0.717) is 23.3 Å². The first-order valence-electron chi connectivity index (χ1n) is 7.48. The van der Waals surface area contributed by atoms with E-state index in [2.05, 4.69) is 27.7 Å². The van der Waals surface area contributed by atoms with Crippen LogP contribution in [0.1, 0.15) is 38.8 Å². The van der Waals surface area contributed by atoms with Crippen LogP contribution in [0.25, 0.3) is 0 Å². The van der Waals surface area contributed by atoms with E-state index >= 15 is 0 Å². The van der Waals surface area contributed by atoms with Crippen molar-refractivity contribution in [3.05, 3.63) is 64.4 Å². The van der Waals surface area contributed by atoms with E-state index in [-0.39, 0.29) is 11.2 Å². The molecule has 0 unspecified atom stereocenters. The number of benzene rings is 2. The van der Waals surface area contributed by atoms with Crippen molar-refractivity contribution in [1.29, 1.82) is 0 Å². The minimum atomic E-state index is -0.263. The molecule has 0 saturated carbocycles. The summed E-state index contributed by atoms with van der Waals surface area (Å²) >= 11 is 6.34. The van der Waals surface area contributed by atoms with Gasteiger partial charge in [-0.1, -0.05) is 57.5 Å². The summed E-state index contributed by atoms with van der Waals surface area (Å²) in [7, 11) is 0. The second kappa shape index (κ2) is 6.70. The van der Waals surface area contributed by atoms with Gasteiger partial charge in [-0.15, -0.1) is 0 Å². The van der Waals surface area contributed by atoms with Crippen LogP contribution in [0.4, 0.5) is 4.39 Å². The maximum atomic E-state index is 13.2. The minimum absolute atomic E-state index is 0.0464. The molecule has 2 aromatic rings. The molecule has 118 valence electrons. The Morgan fingerprint density at radius 2 is 1.86 bits per heavy atom. The quantitative estimate of drug-likeness (QED) is 0.657. The maximum Gasteiger partial charge on any atom is 0.138 e. The predicted octanol–water partition coefficient (Wildman–Crippen LogP) is 5.99. The van der Waals surface area contributed by atoms with Gasteiger partial charge in [0.25, 0.3) is 0 Å². The topological polar surface area (TPSA) is 9.23 Å². The third-order valence-electron chi connectivity index (χ3n) is 4.40. The summed E-state index contributed by atoms with van der Waals surface area (Å²) < 4.78 is 18.9. The van der Waals surface area contributed by atoms with Crippen LogP contribution in [-0.4, -0.2) is 0 Å². The van der Waals surface area contributed by atoms with Crippen LogP contribution in [0.3, 0.4) is 0 Å². The maximum absolute atomic E-state index is 13.2. The second-order valence-corrected chi connectivity index (χ2v) is 6.85. The lowest BCUT2D eigenvalue weighted by atomic mass is 9.75. The predicted molar refractivity (Wildman–Crippen MR) is 90.0 cm³/mol. The molecule has 0 atom stereocenters. The van der Waals surface area contributed by atoms with Crippen molar-refractivity contribution in [3.8, 4) is 5.75 Å².